The molecule has 0 atom stereocenters. The number of hydrogen-bond acceptors (Lipinski definition) is 2. The van der Waals surface area contributed by atoms with Crippen molar-refractivity contribution in [3.05, 3.63) is 35.1 Å². The Hall–Kier alpha value is -1.14. The minimum absolute atomic E-state index is 0.0850. The van der Waals surface area contributed by atoms with Gasteiger partial charge >= 0.3 is 6.18 Å². The summed E-state index contributed by atoms with van der Waals surface area (Å²) in [6.07, 6.45) is -3.94. The highest BCUT2D eigenvalue weighted by Gasteiger charge is 2.40. The van der Waals surface area contributed by atoms with Gasteiger partial charge in [0.1, 0.15) is 5.82 Å². The summed E-state index contributed by atoms with van der Waals surface area (Å²) >= 11 is 0. The number of nitrogens with zero attached hydrogens (tertiary/aromatic N) is 1. The summed E-state index contributed by atoms with van der Waals surface area (Å²) in [6.45, 7) is 1.35. The molecule has 1 aliphatic rings. The molecule has 1 fully saturated rings. The third-order valence-corrected chi connectivity index (χ3v) is 3.79. The smallest absolute Gasteiger partial charge is 0.326 e. The lowest BCUT2D eigenvalue weighted by molar-refractivity contribution is -0.185. The molecule has 2 rings (SSSR count). The fourth-order valence-electron chi connectivity index (χ4n) is 2.54. The molecule has 0 aliphatic carbocycles. The first-order valence-corrected chi connectivity index (χ1v) is 6.66. The van der Waals surface area contributed by atoms with E-state index in [9.17, 15) is 17.6 Å². The van der Waals surface area contributed by atoms with Crippen molar-refractivity contribution in [2.24, 2.45) is 11.7 Å². The largest absolute Gasteiger partial charge is 0.391 e. The van der Waals surface area contributed by atoms with Crippen molar-refractivity contribution in [2.45, 2.75) is 32.1 Å². The van der Waals surface area contributed by atoms with Crippen molar-refractivity contribution in [2.75, 3.05) is 13.1 Å². The molecule has 6 heteroatoms. The van der Waals surface area contributed by atoms with E-state index < -0.39 is 12.1 Å². The van der Waals surface area contributed by atoms with E-state index in [4.69, 9.17) is 5.73 Å². The Morgan fingerprint density at radius 3 is 2.40 bits per heavy atom. The second kappa shape index (κ2) is 6.10. The summed E-state index contributed by atoms with van der Waals surface area (Å²) in [7, 11) is 0. The molecule has 20 heavy (non-hydrogen) atoms. The van der Waals surface area contributed by atoms with Gasteiger partial charge in [0.15, 0.2) is 0 Å². The van der Waals surface area contributed by atoms with Crippen LogP contribution in [0.3, 0.4) is 0 Å². The molecule has 1 aliphatic heterocycles. The van der Waals surface area contributed by atoms with E-state index >= 15 is 0 Å². The number of halogens is 4. The van der Waals surface area contributed by atoms with Crippen LogP contribution in [0.5, 0.6) is 0 Å². The number of benzene rings is 1. The van der Waals surface area contributed by atoms with Crippen LogP contribution in [0.4, 0.5) is 17.6 Å². The highest BCUT2D eigenvalue weighted by Crippen LogP contribution is 2.34. The molecule has 1 aromatic rings. The molecule has 0 bridgehead atoms. The van der Waals surface area contributed by atoms with Gasteiger partial charge < -0.3 is 5.73 Å². The second-order valence-corrected chi connectivity index (χ2v) is 5.22. The summed E-state index contributed by atoms with van der Waals surface area (Å²) < 4.78 is 51.4. The van der Waals surface area contributed by atoms with Gasteiger partial charge in [0.25, 0.3) is 0 Å². The van der Waals surface area contributed by atoms with Crippen molar-refractivity contribution < 1.29 is 17.6 Å². The van der Waals surface area contributed by atoms with Gasteiger partial charge in [0, 0.05) is 18.7 Å². The first-order valence-electron chi connectivity index (χ1n) is 6.66. The Kier molecular flexibility index (Phi) is 4.65. The Bertz CT molecular complexity index is 451. The average Bonchev–Trinajstić information content (AvgIpc) is 2.41. The van der Waals surface area contributed by atoms with Gasteiger partial charge in [0.05, 0.1) is 5.92 Å². The zero-order chi connectivity index (χ0) is 14.8. The molecule has 1 heterocycles. The fourth-order valence-corrected chi connectivity index (χ4v) is 2.54. The van der Waals surface area contributed by atoms with E-state index in [-0.39, 0.29) is 18.7 Å². The molecule has 0 aromatic heterocycles. The third-order valence-electron chi connectivity index (χ3n) is 3.79. The monoisotopic (exact) mass is 290 g/mol. The first-order chi connectivity index (χ1) is 9.40. The molecule has 0 unspecified atom stereocenters. The van der Waals surface area contributed by atoms with E-state index in [2.05, 4.69) is 0 Å². The molecule has 1 saturated heterocycles. The number of nitrogens with two attached hydrogens (primary N) is 1. The predicted molar refractivity (Wildman–Crippen MR) is 68.3 cm³/mol. The van der Waals surface area contributed by atoms with Gasteiger partial charge in [-0.05, 0) is 37.6 Å². The maximum Gasteiger partial charge on any atom is 0.391 e. The van der Waals surface area contributed by atoms with Crippen LogP contribution < -0.4 is 5.73 Å². The zero-order valence-corrected chi connectivity index (χ0v) is 11.1. The standard InChI is InChI=1S/C14H18F4N2/c15-13-2-1-10(8-19)7-11(13)9-20-5-3-12(4-6-20)14(16,17)18/h1-2,7,12H,3-6,8-9,19H2. The maximum absolute atomic E-state index is 13.7. The van der Waals surface area contributed by atoms with Crippen LogP contribution >= 0.6 is 0 Å². The summed E-state index contributed by atoms with van der Waals surface area (Å²) in [4.78, 5) is 1.86. The first kappa shape index (κ1) is 15.3. The predicted octanol–water partition coefficient (Wildman–Crippen LogP) is 3.06. The van der Waals surface area contributed by atoms with E-state index in [1.807, 2.05) is 4.90 Å². The number of alkyl halides is 3. The topological polar surface area (TPSA) is 29.3 Å². The second-order valence-electron chi connectivity index (χ2n) is 5.22. The van der Waals surface area contributed by atoms with Crippen molar-refractivity contribution in [1.29, 1.82) is 0 Å². The lowest BCUT2D eigenvalue weighted by Crippen LogP contribution is -2.38. The maximum atomic E-state index is 13.7. The minimum atomic E-state index is -4.11. The van der Waals surface area contributed by atoms with Crippen molar-refractivity contribution in [1.82, 2.24) is 4.90 Å². The van der Waals surface area contributed by atoms with Crippen LogP contribution in [0.2, 0.25) is 0 Å². The average molecular weight is 290 g/mol. The highest BCUT2D eigenvalue weighted by atomic mass is 19.4. The summed E-state index contributed by atoms with van der Waals surface area (Å²) in [5.74, 6) is -1.56. The lowest BCUT2D eigenvalue weighted by Gasteiger charge is -2.33. The SMILES string of the molecule is NCc1ccc(F)c(CN2CCC(C(F)(F)F)CC2)c1. The van der Waals surface area contributed by atoms with Gasteiger partial charge in [-0.15, -0.1) is 0 Å². The summed E-state index contributed by atoms with van der Waals surface area (Å²) in [5, 5.41) is 0. The van der Waals surface area contributed by atoms with Gasteiger partial charge in [0.2, 0.25) is 0 Å². The highest BCUT2D eigenvalue weighted by molar-refractivity contribution is 5.25. The van der Waals surface area contributed by atoms with Crippen LogP contribution in [0, 0.1) is 11.7 Å². The van der Waals surface area contributed by atoms with Crippen molar-refractivity contribution in [3.8, 4) is 0 Å². The normalized spacial score (nSPS) is 18.4. The van der Waals surface area contributed by atoms with Crippen LogP contribution in [0.1, 0.15) is 24.0 Å². The van der Waals surface area contributed by atoms with Crippen LogP contribution in [0.15, 0.2) is 18.2 Å². The number of hydrogen-bond donors (Lipinski definition) is 1. The minimum Gasteiger partial charge on any atom is -0.326 e. The molecular weight excluding hydrogens is 272 g/mol. The lowest BCUT2D eigenvalue weighted by atomic mass is 9.96. The number of likely N-dealkylation sites (tertiary alicyclic amines) is 1. The van der Waals surface area contributed by atoms with E-state index in [1.54, 1.807) is 12.1 Å². The van der Waals surface area contributed by atoms with Gasteiger partial charge in [-0.25, -0.2) is 4.39 Å². The Labute approximate surface area is 115 Å². The molecule has 2 nitrogen and oxygen atoms in total. The number of rotatable bonds is 3. The van der Waals surface area contributed by atoms with Gasteiger partial charge in [-0.2, -0.15) is 13.2 Å². The summed E-state index contributed by atoms with van der Waals surface area (Å²) in [6, 6.07) is 4.67. The molecule has 0 amide bonds. The molecule has 0 radical (unpaired) electrons. The van der Waals surface area contributed by atoms with Gasteiger partial charge in [-0.1, -0.05) is 12.1 Å². The Morgan fingerprint density at radius 1 is 1.20 bits per heavy atom. The molecule has 2 N–H and O–H groups in total. The molecular formula is C14H18F4N2. The van der Waals surface area contributed by atoms with Crippen LogP contribution in [-0.2, 0) is 13.1 Å². The zero-order valence-electron chi connectivity index (χ0n) is 11.1. The van der Waals surface area contributed by atoms with Crippen LogP contribution in [-0.4, -0.2) is 24.2 Å². The van der Waals surface area contributed by atoms with E-state index in [0.29, 0.717) is 31.7 Å². The van der Waals surface area contributed by atoms with Crippen molar-refractivity contribution in [3.63, 3.8) is 0 Å². The third kappa shape index (κ3) is 3.70. The quantitative estimate of drug-likeness (QED) is 0.867. The summed E-state index contributed by atoms with van der Waals surface area (Å²) in [5.41, 5.74) is 6.83. The van der Waals surface area contributed by atoms with Crippen LogP contribution in [0.25, 0.3) is 0 Å². The molecule has 1 aromatic carbocycles. The molecule has 112 valence electrons. The fraction of sp³-hybridized carbons (Fsp3) is 0.571. The number of piperidine rings is 1. The molecule has 0 saturated carbocycles. The molecule has 0 spiro atoms. The Balaban J connectivity index is 1.96. The van der Waals surface area contributed by atoms with E-state index in [0.717, 1.165) is 5.56 Å². The van der Waals surface area contributed by atoms with Gasteiger partial charge in [-0.3, -0.25) is 4.90 Å². The van der Waals surface area contributed by atoms with Crippen molar-refractivity contribution >= 4 is 0 Å². The Morgan fingerprint density at radius 2 is 1.85 bits per heavy atom. The van der Waals surface area contributed by atoms with E-state index in [1.165, 1.54) is 6.07 Å².